The second-order valence-corrected chi connectivity index (χ2v) is 20.7. The molecule has 4 heterocycles. The molecule has 4 bridgehead atoms. The lowest BCUT2D eigenvalue weighted by atomic mass is 9.81. The average molecular weight is 1010 g/mol. The van der Waals surface area contributed by atoms with Gasteiger partial charge in [0.15, 0.2) is 5.72 Å². The van der Waals surface area contributed by atoms with E-state index in [1.165, 1.54) is 54.7 Å². The number of thiol groups is 1. The molecule has 4 fully saturated rings. The maximum atomic E-state index is 14.3. The van der Waals surface area contributed by atoms with Crippen molar-refractivity contribution < 1.29 is 62.4 Å². The van der Waals surface area contributed by atoms with Gasteiger partial charge >= 0.3 is 12.1 Å². The van der Waals surface area contributed by atoms with Crippen LogP contribution in [-0.2, 0) is 54.1 Å². The molecule has 4 aliphatic heterocycles. The van der Waals surface area contributed by atoms with Crippen molar-refractivity contribution in [3.05, 3.63) is 46.5 Å². The number of rotatable bonds is 12. The summed E-state index contributed by atoms with van der Waals surface area (Å²) in [5.74, 6) is -2.45. The molecule has 5 aliphatic rings. The lowest BCUT2D eigenvalue weighted by Gasteiger charge is -2.42. The standard InChI is InChI=1S/C47H64ClN5O13S2/c1-25-10-9-11-35(63-8)47(61)23-33(64-45(60)49-47)26(2)41-46(4,66-41)36(22-38(55)52(6)31-19-29(18-25)20-32(62-7)40(31)48)65-44(59)27(3)51(5)37(54)16-17-68-34-21-39(56)53(43(34)58)24-28-12-14-30(15-13-28)42(57)50-67/h9-11,19-20,26-28,30,33-36,41,61,67H,12-18,21-24H2,1-8H3,(H,49,60)(H,50,57)/b11-9+,25-10+/t26-,27+,28?,30?,33+,34?,35-,36+,41+,46+,47+/m1/s1. The minimum Gasteiger partial charge on any atom is -0.495 e. The van der Waals surface area contributed by atoms with Crippen LogP contribution in [0.5, 0.6) is 5.75 Å². The molecule has 3 saturated heterocycles. The number of methoxy groups -OCH3 is 2. The molecule has 1 aliphatic carbocycles. The summed E-state index contributed by atoms with van der Waals surface area (Å²) in [5, 5.41) is 13.9. The summed E-state index contributed by atoms with van der Waals surface area (Å²) < 4.78 is 31.8. The Labute approximate surface area is 412 Å². The van der Waals surface area contributed by atoms with E-state index in [2.05, 4.69) is 22.9 Å². The van der Waals surface area contributed by atoms with Gasteiger partial charge in [0.1, 0.15) is 40.7 Å². The number of carbonyl (C=O) groups is 7. The number of alkyl carbamates (subject to hydrolysis) is 1. The number of likely N-dealkylation sites (N-methyl/N-ethyl adjacent to an activating group) is 1. The number of amides is 6. The second-order valence-electron chi connectivity index (χ2n) is 18.8. The third-order valence-electron chi connectivity index (χ3n) is 14.1. The van der Waals surface area contributed by atoms with Gasteiger partial charge in [-0.1, -0.05) is 55.1 Å². The smallest absolute Gasteiger partial charge is 0.409 e. The van der Waals surface area contributed by atoms with Crippen LogP contribution in [-0.4, -0.2) is 144 Å². The Kier molecular flexibility index (Phi) is 17.3. The number of hydrogen-bond donors (Lipinski definition) is 4. The zero-order valence-electron chi connectivity index (χ0n) is 39.8. The maximum absolute atomic E-state index is 14.3. The third kappa shape index (κ3) is 11.8. The van der Waals surface area contributed by atoms with E-state index < -0.39 is 76.8 Å². The van der Waals surface area contributed by atoms with Crippen LogP contribution in [0.2, 0.25) is 5.02 Å². The van der Waals surface area contributed by atoms with Gasteiger partial charge in [-0.3, -0.25) is 34.2 Å². The van der Waals surface area contributed by atoms with Gasteiger partial charge in [0.25, 0.3) is 0 Å². The molecule has 21 heteroatoms. The fourth-order valence-corrected chi connectivity index (χ4v) is 11.2. The Morgan fingerprint density at radius 1 is 1.12 bits per heavy atom. The molecule has 68 heavy (non-hydrogen) atoms. The van der Waals surface area contributed by atoms with E-state index in [4.69, 9.17) is 35.3 Å². The minimum absolute atomic E-state index is 0.0254. The van der Waals surface area contributed by atoms with Crippen molar-refractivity contribution in [2.45, 2.75) is 133 Å². The molecular formula is C47H64ClN5O13S2. The number of epoxide rings is 1. The number of esters is 1. The maximum Gasteiger partial charge on any atom is 0.409 e. The summed E-state index contributed by atoms with van der Waals surface area (Å²) >= 11 is 11.9. The summed E-state index contributed by atoms with van der Waals surface area (Å²) in [6, 6.07) is 2.42. The van der Waals surface area contributed by atoms with Crippen molar-refractivity contribution in [1.29, 1.82) is 0 Å². The number of thioether (sulfide) groups is 1. The fourth-order valence-electron chi connectivity index (χ4n) is 9.61. The minimum atomic E-state index is -1.87. The Balaban J connectivity index is 1.15. The number of hydrogen-bond acceptors (Lipinski definition) is 15. The third-order valence-corrected chi connectivity index (χ3v) is 15.9. The predicted molar refractivity (Wildman–Crippen MR) is 256 cm³/mol. The van der Waals surface area contributed by atoms with E-state index in [1.807, 2.05) is 13.0 Å². The van der Waals surface area contributed by atoms with E-state index in [9.17, 15) is 38.7 Å². The van der Waals surface area contributed by atoms with Gasteiger partial charge in [-0.25, -0.2) is 9.59 Å². The largest absolute Gasteiger partial charge is 0.495 e. The van der Waals surface area contributed by atoms with Gasteiger partial charge in [0.2, 0.25) is 29.5 Å². The summed E-state index contributed by atoms with van der Waals surface area (Å²) in [6.45, 7) is 7.16. The van der Waals surface area contributed by atoms with Gasteiger partial charge in [-0.15, -0.1) is 11.8 Å². The van der Waals surface area contributed by atoms with Crippen LogP contribution >= 0.6 is 36.2 Å². The predicted octanol–water partition coefficient (Wildman–Crippen LogP) is 4.53. The Bertz CT molecular complexity index is 2190. The quantitative estimate of drug-likeness (QED) is 0.0979. The van der Waals surface area contributed by atoms with Crippen molar-refractivity contribution in [3.8, 4) is 5.75 Å². The summed E-state index contributed by atoms with van der Waals surface area (Å²) in [7, 11) is 5.89. The molecule has 1 saturated carbocycles. The fraction of sp³-hybridized carbons (Fsp3) is 0.638. The van der Waals surface area contributed by atoms with Crippen LogP contribution in [0.25, 0.3) is 0 Å². The monoisotopic (exact) mass is 1010 g/mol. The average Bonchev–Trinajstić information content (AvgIpc) is 3.94. The normalized spacial score (nSPS) is 32.7. The van der Waals surface area contributed by atoms with E-state index in [1.54, 1.807) is 45.2 Å². The van der Waals surface area contributed by atoms with Gasteiger partial charge in [-0.2, -0.15) is 0 Å². The number of likely N-dealkylation sites (tertiary alicyclic amines) is 1. The lowest BCUT2D eigenvalue weighted by molar-refractivity contribution is -0.162. The van der Waals surface area contributed by atoms with E-state index in [-0.39, 0.29) is 66.0 Å². The number of carbonyl (C=O) groups excluding carboxylic acids is 7. The molecule has 374 valence electrons. The van der Waals surface area contributed by atoms with Gasteiger partial charge in [0, 0.05) is 64.6 Å². The Morgan fingerprint density at radius 3 is 2.49 bits per heavy atom. The van der Waals surface area contributed by atoms with Crippen LogP contribution in [0.4, 0.5) is 10.5 Å². The molecule has 0 aromatic heterocycles. The molecule has 1 aromatic carbocycles. The van der Waals surface area contributed by atoms with Gasteiger partial charge < -0.3 is 43.3 Å². The van der Waals surface area contributed by atoms with Crippen molar-refractivity contribution in [3.63, 3.8) is 0 Å². The van der Waals surface area contributed by atoms with Crippen LogP contribution in [0.15, 0.2) is 35.9 Å². The number of allylic oxidation sites excluding steroid dienone is 3. The molecule has 1 unspecified atom stereocenters. The first-order valence-corrected chi connectivity index (χ1v) is 24.8. The number of nitrogens with one attached hydrogen (secondary N) is 2. The molecule has 1 aromatic rings. The Hall–Kier alpha value is -4.34. The Morgan fingerprint density at radius 2 is 1.82 bits per heavy atom. The van der Waals surface area contributed by atoms with E-state index in [0.29, 0.717) is 50.1 Å². The first-order valence-electron chi connectivity index (χ1n) is 22.9. The van der Waals surface area contributed by atoms with Crippen molar-refractivity contribution in [1.82, 2.24) is 19.8 Å². The molecule has 6 rings (SSSR count). The number of aliphatic hydroxyl groups is 1. The molecule has 6 amide bonds. The number of halogens is 1. The zero-order valence-corrected chi connectivity index (χ0v) is 42.2. The first kappa shape index (κ1) is 53.0. The van der Waals surface area contributed by atoms with Gasteiger partial charge in [0.05, 0.1) is 30.6 Å². The van der Waals surface area contributed by atoms with E-state index in [0.717, 1.165) is 11.1 Å². The number of nitrogens with zero attached hydrogens (tertiary/aromatic N) is 3. The highest BCUT2D eigenvalue weighted by Crippen LogP contribution is 2.49. The number of anilines is 1. The van der Waals surface area contributed by atoms with Crippen molar-refractivity contribution in [2.24, 2.45) is 17.8 Å². The molecule has 0 spiro atoms. The number of benzene rings is 1. The highest BCUT2D eigenvalue weighted by molar-refractivity contribution is 8.00. The highest BCUT2D eigenvalue weighted by Gasteiger charge is 2.64. The summed E-state index contributed by atoms with van der Waals surface area (Å²) in [6.07, 6.45) is 3.19. The van der Waals surface area contributed by atoms with Crippen LogP contribution in [0.1, 0.15) is 84.6 Å². The molecule has 18 nitrogen and oxygen atoms in total. The van der Waals surface area contributed by atoms with E-state index >= 15 is 0 Å². The number of ether oxygens (including phenoxy) is 5. The highest BCUT2D eigenvalue weighted by atomic mass is 35.5. The van der Waals surface area contributed by atoms with Crippen LogP contribution in [0.3, 0.4) is 0 Å². The zero-order chi connectivity index (χ0) is 49.8. The SMILES string of the molecule is COc1cc2cc(c1Cl)N(C)C(=O)C[C@H](OC(=O)[C@H](C)N(C)C(=O)CCSC1CC(=O)N(CC3CCC(C(=O)NS)CC3)C1=O)[C@]1(C)O[C@H]1[C@H](C)[C@@H]1C[C@@](O)(NC(=O)O1)[C@H](OC)/C=C/C=C(\C)C2. The van der Waals surface area contributed by atoms with Gasteiger partial charge in [-0.05, 0) is 76.5 Å². The topological polar surface area (TPSA) is 223 Å². The molecule has 9 atom stereocenters. The molecule has 0 radical (unpaired) electrons. The number of fused-ring (bicyclic) bond motifs is 5. The molecule has 3 N–H and O–H groups in total. The van der Waals surface area contributed by atoms with Crippen LogP contribution < -0.4 is 19.7 Å². The summed E-state index contributed by atoms with van der Waals surface area (Å²) in [5.41, 5.74) is -1.15. The van der Waals surface area contributed by atoms with Crippen molar-refractivity contribution >= 4 is 83.5 Å². The summed E-state index contributed by atoms with van der Waals surface area (Å²) in [4.78, 5) is 97.0. The lowest BCUT2D eigenvalue weighted by Crippen LogP contribution is -2.63. The van der Waals surface area contributed by atoms with Crippen molar-refractivity contribution in [2.75, 3.05) is 45.5 Å². The van der Waals surface area contributed by atoms with Crippen LogP contribution in [0, 0.1) is 17.8 Å². The first-order chi connectivity index (χ1) is 32.1. The molecular weight excluding hydrogens is 942 g/mol. The second kappa shape index (κ2) is 22.2. The number of imide groups is 1.